The highest BCUT2D eigenvalue weighted by molar-refractivity contribution is 8.00. The van der Waals surface area contributed by atoms with Gasteiger partial charge in [0.1, 0.15) is 22.8 Å². The third-order valence-electron chi connectivity index (χ3n) is 4.97. The number of nitrogens with one attached hydrogen (secondary N) is 1. The summed E-state index contributed by atoms with van der Waals surface area (Å²) in [6.45, 7) is 7.69. The number of esters is 1. The molecule has 1 atom stereocenters. The second-order valence-electron chi connectivity index (χ2n) is 7.36. The number of hydrogen-bond acceptors (Lipinski definition) is 9. The molecule has 0 fully saturated rings. The van der Waals surface area contributed by atoms with Crippen molar-refractivity contribution in [3.8, 4) is 0 Å². The van der Waals surface area contributed by atoms with Crippen LogP contribution in [0.3, 0.4) is 0 Å². The third kappa shape index (κ3) is 4.81. The predicted octanol–water partition coefficient (Wildman–Crippen LogP) is 4.65. The molecule has 1 unspecified atom stereocenters. The third-order valence-corrected chi connectivity index (χ3v) is 8.00. The molecule has 0 aromatic carbocycles. The Hall–Kier alpha value is -2.30. The molecule has 0 saturated heterocycles. The van der Waals surface area contributed by atoms with Crippen LogP contribution < -0.4 is 5.32 Å². The van der Waals surface area contributed by atoms with E-state index in [1.165, 1.54) is 46.0 Å². The van der Waals surface area contributed by atoms with Crippen molar-refractivity contribution in [1.29, 1.82) is 0 Å². The lowest BCUT2D eigenvalue weighted by Gasteiger charge is -2.18. The Labute approximate surface area is 192 Å². The average molecular weight is 475 g/mol. The molecule has 0 aliphatic heterocycles. The fourth-order valence-electron chi connectivity index (χ4n) is 3.49. The Balaban J connectivity index is 1.43. The average Bonchev–Trinajstić information content (AvgIpc) is 3.29. The maximum Gasteiger partial charge on any atom is 0.358 e. The molecule has 31 heavy (non-hydrogen) atoms. The van der Waals surface area contributed by atoms with Gasteiger partial charge in [0.05, 0.1) is 5.75 Å². The summed E-state index contributed by atoms with van der Waals surface area (Å²) in [5.41, 5.74) is 1.56. The number of carbonyl (C=O) groups is 2. The summed E-state index contributed by atoms with van der Waals surface area (Å²) >= 11 is 4.39. The number of aromatic nitrogens is 3. The van der Waals surface area contributed by atoms with E-state index in [-0.39, 0.29) is 24.0 Å². The molecule has 1 N–H and O–H groups in total. The smallest absolute Gasteiger partial charge is 0.358 e. The molecule has 1 amide bonds. The predicted molar refractivity (Wildman–Crippen MR) is 125 cm³/mol. The summed E-state index contributed by atoms with van der Waals surface area (Å²) in [4.78, 5) is 40.7. The van der Waals surface area contributed by atoms with Crippen LogP contribution in [0, 0.1) is 12.8 Å². The van der Waals surface area contributed by atoms with E-state index in [4.69, 9.17) is 4.74 Å². The van der Waals surface area contributed by atoms with Crippen molar-refractivity contribution in [1.82, 2.24) is 15.0 Å². The lowest BCUT2D eigenvalue weighted by Crippen LogP contribution is -2.14. The van der Waals surface area contributed by atoms with Crippen molar-refractivity contribution < 1.29 is 14.3 Å². The van der Waals surface area contributed by atoms with Crippen LogP contribution in [-0.2, 0) is 22.4 Å². The molecule has 0 bridgehead atoms. The Morgan fingerprint density at radius 1 is 1.39 bits per heavy atom. The zero-order chi connectivity index (χ0) is 22.0. The Morgan fingerprint density at radius 2 is 2.23 bits per heavy atom. The number of anilines is 1. The Morgan fingerprint density at radius 3 is 3.03 bits per heavy atom. The summed E-state index contributed by atoms with van der Waals surface area (Å²) in [7, 11) is 0. The van der Waals surface area contributed by atoms with Crippen LogP contribution in [0.5, 0.6) is 0 Å². The lowest BCUT2D eigenvalue weighted by molar-refractivity contribution is -0.113. The standard InChI is InChI=1S/C21H22N4O3S3/c1-4-7-28-20(27)17-12(3)30-21(25-17)24-15(26)9-29-18-16-13-6-5-11(2)8-14(13)31-19(16)23-10-22-18/h4,10-11H,1,5-9H2,2-3H3,(H,24,25,26). The van der Waals surface area contributed by atoms with Gasteiger partial charge in [0.15, 0.2) is 10.8 Å². The molecule has 7 nitrogen and oxygen atoms in total. The van der Waals surface area contributed by atoms with Gasteiger partial charge < -0.3 is 10.1 Å². The van der Waals surface area contributed by atoms with Gasteiger partial charge >= 0.3 is 5.97 Å². The quantitative estimate of drug-likeness (QED) is 0.230. The van der Waals surface area contributed by atoms with Crippen molar-refractivity contribution in [3.63, 3.8) is 0 Å². The maximum absolute atomic E-state index is 12.5. The van der Waals surface area contributed by atoms with E-state index in [1.807, 2.05) is 0 Å². The number of amides is 1. The van der Waals surface area contributed by atoms with Crippen LogP contribution in [0.25, 0.3) is 10.2 Å². The van der Waals surface area contributed by atoms with Crippen molar-refractivity contribution in [2.24, 2.45) is 5.92 Å². The molecule has 0 radical (unpaired) electrons. The van der Waals surface area contributed by atoms with Gasteiger partial charge in [-0.05, 0) is 37.7 Å². The lowest BCUT2D eigenvalue weighted by atomic mass is 9.89. The number of carbonyl (C=O) groups excluding carboxylic acids is 2. The first-order valence-corrected chi connectivity index (χ1v) is 12.5. The molecular formula is C21H22N4O3S3. The van der Waals surface area contributed by atoms with Crippen molar-refractivity contribution >= 4 is 61.7 Å². The summed E-state index contributed by atoms with van der Waals surface area (Å²) in [5, 5.41) is 5.10. The van der Waals surface area contributed by atoms with Crippen molar-refractivity contribution in [3.05, 3.63) is 40.0 Å². The highest BCUT2D eigenvalue weighted by Gasteiger charge is 2.24. The number of rotatable bonds is 7. The normalized spacial score (nSPS) is 15.5. The topological polar surface area (TPSA) is 94.1 Å². The van der Waals surface area contributed by atoms with E-state index in [1.54, 1.807) is 24.6 Å². The molecule has 4 rings (SSSR count). The number of fused-ring (bicyclic) bond motifs is 3. The fourth-order valence-corrected chi connectivity index (χ4v) is 6.55. The summed E-state index contributed by atoms with van der Waals surface area (Å²) in [6, 6.07) is 0. The summed E-state index contributed by atoms with van der Waals surface area (Å²) in [5.74, 6) is 0.163. The van der Waals surface area contributed by atoms with Gasteiger partial charge in [-0.2, -0.15) is 0 Å². The van der Waals surface area contributed by atoms with Gasteiger partial charge in [-0.25, -0.2) is 19.7 Å². The second-order valence-corrected chi connectivity index (χ2v) is 10.6. The van der Waals surface area contributed by atoms with Gasteiger partial charge in [0.2, 0.25) is 5.91 Å². The van der Waals surface area contributed by atoms with Crippen LogP contribution in [0.1, 0.15) is 39.2 Å². The Kier molecular flexibility index (Phi) is 6.68. The Bertz CT molecular complexity index is 1150. The van der Waals surface area contributed by atoms with E-state index in [0.717, 1.165) is 28.1 Å². The molecule has 3 aromatic heterocycles. The minimum absolute atomic E-state index is 0.118. The minimum atomic E-state index is -0.525. The first-order valence-electron chi connectivity index (χ1n) is 9.89. The van der Waals surface area contributed by atoms with Crippen LogP contribution in [0.2, 0.25) is 0 Å². The number of aryl methyl sites for hydroxylation is 2. The van der Waals surface area contributed by atoms with Gasteiger partial charge in [-0.15, -0.1) is 22.7 Å². The molecular weight excluding hydrogens is 452 g/mol. The molecule has 0 spiro atoms. The fraction of sp³-hybridized carbons (Fsp3) is 0.381. The van der Waals surface area contributed by atoms with E-state index in [0.29, 0.717) is 15.9 Å². The molecule has 1 aliphatic carbocycles. The molecule has 0 saturated carbocycles. The first kappa shape index (κ1) is 21.9. The maximum atomic E-state index is 12.5. The highest BCUT2D eigenvalue weighted by atomic mass is 32.2. The van der Waals surface area contributed by atoms with Crippen LogP contribution in [0.4, 0.5) is 5.13 Å². The molecule has 162 valence electrons. The molecule has 1 aliphatic rings. The molecule has 3 heterocycles. The summed E-state index contributed by atoms with van der Waals surface area (Å²) < 4.78 is 5.02. The number of thiazole rings is 1. The van der Waals surface area contributed by atoms with Crippen molar-refractivity contribution in [2.75, 3.05) is 17.7 Å². The number of ether oxygens (including phenoxy) is 1. The largest absolute Gasteiger partial charge is 0.457 e. The second kappa shape index (κ2) is 9.46. The summed E-state index contributed by atoms with van der Waals surface area (Å²) in [6.07, 6.45) is 6.35. The zero-order valence-electron chi connectivity index (χ0n) is 17.3. The van der Waals surface area contributed by atoms with Crippen LogP contribution in [-0.4, -0.2) is 39.2 Å². The van der Waals surface area contributed by atoms with E-state index >= 15 is 0 Å². The van der Waals surface area contributed by atoms with Crippen LogP contribution in [0.15, 0.2) is 24.0 Å². The van der Waals surface area contributed by atoms with Crippen LogP contribution >= 0.6 is 34.4 Å². The first-order chi connectivity index (χ1) is 15.0. The number of thioether (sulfide) groups is 1. The molecule has 3 aromatic rings. The zero-order valence-corrected chi connectivity index (χ0v) is 19.7. The van der Waals surface area contributed by atoms with E-state index in [9.17, 15) is 9.59 Å². The minimum Gasteiger partial charge on any atom is -0.457 e. The van der Waals surface area contributed by atoms with Crippen molar-refractivity contribution in [2.45, 2.75) is 38.1 Å². The van der Waals surface area contributed by atoms with E-state index in [2.05, 4.69) is 33.8 Å². The highest BCUT2D eigenvalue weighted by Crippen LogP contribution is 2.40. The van der Waals surface area contributed by atoms with Gasteiger partial charge in [0.25, 0.3) is 0 Å². The molecule has 10 heteroatoms. The number of thiophene rings is 1. The number of hydrogen-bond donors (Lipinski definition) is 1. The SMILES string of the molecule is C=CCOC(=O)c1nc(NC(=O)CSc2ncnc3sc4c(c23)CCC(C)C4)sc1C. The monoisotopic (exact) mass is 474 g/mol. The van der Waals surface area contributed by atoms with Gasteiger partial charge in [0, 0.05) is 15.1 Å². The van der Waals surface area contributed by atoms with Gasteiger partial charge in [-0.1, -0.05) is 31.3 Å². The van der Waals surface area contributed by atoms with Gasteiger partial charge in [-0.3, -0.25) is 4.79 Å². The van der Waals surface area contributed by atoms with E-state index < -0.39 is 5.97 Å². The number of nitrogens with zero attached hydrogens (tertiary/aromatic N) is 3.